The van der Waals surface area contributed by atoms with Crippen LogP contribution >= 0.6 is 24.0 Å². The number of sulfonamides is 1. The largest absolute Gasteiger partial charge is 0.324 e. The topological polar surface area (TPSA) is 72.2 Å². The molecule has 0 saturated heterocycles. The summed E-state index contributed by atoms with van der Waals surface area (Å²) in [6.07, 6.45) is 4.64. The van der Waals surface area contributed by atoms with E-state index in [0.29, 0.717) is 0 Å². The van der Waals surface area contributed by atoms with Gasteiger partial charge in [0.1, 0.15) is 10.7 Å². The summed E-state index contributed by atoms with van der Waals surface area (Å²) < 4.78 is 40.3. The Hall–Kier alpha value is -0.400. The monoisotopic (exact) mass is 356 g/mol. The second-order valence-electron chi connectivity index (χ2n) is 5.32. The fourth-order valence-corrected chi connectivity index (χ4v) is 3.91. The van der Waals surface area contributed by atoms with Crippen LogP contribution < -0.4 is 10.5 Å². The molecule has 0 heterocycles. The van der Waals surface area contributed by atoms with Crippen LogP contribution in [0.4, 0.5) is 4.39 Å². The Bertz CT molecular complexity index is 590. The van der Waals surface area contributed by atoms with Gasteiger partial charge in [0.25, 0.3) is 0 Å². The molecule has 0 unspecified atom stereocenters. The molecule has 0 aliphatic heterocycles. The third-order valence-corrected chi connectivity index (χ3v) is 5.30. The van der Waals surface area contributed by atoms with E-state index in [-0.39, 0.29) is 24.0 Å². The van der Waals surface area contributed by atoms with Gasteiger partial charge in [-0.3, -0.25) is 0 Å². The van der Waals surface area contributed by atoms with Gasteiger partial charge in [-0.05, 0) is 31.0 Å². The van der Waals surface area contributed by atoms with Gasteiger partial charge in [-0.15, -0.1) is 12.4 Å². The van der Waals surface area contributed by atoms with Crippen molar-refractivity contribution in [1.82, 2.24) is 4.72 Å². The number of nitrogens with two attached hydrogens (primary N) is 1. The highest BCUT2D eigenvalue weighted by Gasteiger charge is 2.30. The second-order valence-corrected chi connectivity index (χ2v) is 7.49. The van der Waals surface area contributed by atoms with Gasteiger partial charge < -0.3 is 5.73 Å². The first-order valence-corrected chi connectivity index (χ1v) is 8.42. The van der Waals surface area contributed by atoms with Crippen LogP contribution in [0.3, 0.4) is 0 Å². The first kappa shape index (κ1) is 18.6. The zero-order valence-electron chi connectivity index (χ0n) is 11.4. The Morgan fingerprint density at radius 3 is 2.52 bits per heavy atom. The molecule has 4 nitrogen and oxygen atoms in total. The van der Waals surface area contributed by atoms with Crippen LogP contribution in [0, 0.1) is 5.82 Å². The summed E-state index contributed by atoms with van der Waals surface area (Å²) in [5.41, 5.74) is 5.62. The molecule has 2 rings (SSSR count). The second kappa shape index (κ2) is 7.24. The lowest BCUT2D eigenvalue weighted by molar-refractivity contribution is 0.296. The standard InChI is InChI=1S/C13H18ClFN2O2S.ClH/c14-10-4-5-11(15)12(8-10)20(18,19)17-9-13(16)6-2-1-3-7-13;/h4-5,8,17H,1-3,6-7,9,16H2;1H. The molecule has 0 spiro atoms. The molecule has 0 amide bonds. The summed E-state index contributed by atoms with van der Waals surface area (Å²) in [6, 6.07) is 3.44. The number of benzene rings is 1. The Balaban J connectivity index is 0.00000220. The summed E-state index contributed by atoms with van der Waals surface area (Å²) >= 11 is 5.72. The summed E-state index contributed by atoms with van der Waals surface area (Å²) in [4.78, 5) is -0.440. The van der Waals surface area contributed by atoms with Crippen molar-refractivity contribution in [3.05, 3.63) is 29.0 Å². The number of hydrogen-bond acceptors (Lipinski definition) is 3. The molecule has 1 aliphatic rings. The molecule has 0 bridgehead atoms. The normalized spacial score (nSPS) is 18.0. The van der Waals surface area contributed by atoms with Gasteiger partial charge in [-0.2, -0.15) is 0 Å². The predicted molar refractivity (Wildman–Crippen MR) is 83.8 cm³/mol. The molecule has 8 heteroatoms. The zero-order valence-corrected chi connectivity index (χ0v) is 13.8. The summed E-state index contributed by atoms with van der Waals surface area (Å²) in [5.74, 6) is -0.823. The van der Waals surface area contributed by atoms with E-state index in [4.69, 9.17) is 17.3 Å². The van der Waals surface area contributed by atoms with Gasteiger partial charge in [0.05, 0.1) is 0 Å². The molecule has 1 saturated carbocycles. The number of hydrogen-bond donors (Lipinski definition) is 2. The molecule has 3 N–H and O–H groups in total. The van der Waals surface area contributed by atoms with Gasteiger partial charge >= 0.3 is 0 Å². The minimum atomic E-state index is -3.94. The minimum absolute atomic E-state index is 0. The van der Waals surface area contributed by atoms with Crippen LogP contribution in [-0.4, -0.2) is 20.5 Å². The minimum Gasteiger partial charge on any atom is -0.324 e. The molecular weight excluding hydrogens is 338 g/mol. The van der Waals surface area contributed by atoms with Crippen LogP contribution in [0.15, 0.2) is 23.1 Å². The van der Waals surface area contributed by atoms with E-state index in [0.717, 1.165) is 44.2 Å². The number of rotatable bonds is 4. The Morgan fingerprint density at radius 1 is 1.29 bits per heavy atom. The Kier molecular flexibility index (Phi) is 6.43. The smallest absolute Gasteiger partial charge is 0.243 e. The van der Waals surface area contributed by atoms with Crippen molar-refractivity contribution in [3.63, 3.8) is 0 Å². The van der Waals surface area contributed by atoms with Gasteiger partial charge in [-0.1, -0.05) is 30.9 Å². The molecule has 0 aromatic heterocycles. The highest BCUT2D eigenvalue weighted by Crippen LogP contribution is 2.26. The zero-order chi connectivity index (χ0) is 14.8. The van der Waals surface area contributed by atoms with Crippen LogP contribution in [0.25, 0.3) is 0 Å². The fourth-order valence-electron chi connectivity index (χ4n) is 2.43. The molecule has 0 atom stereocenters. The number of nitrogens with one attached hydrogen (secondary N) is 1. The van der Waals surface area contributed by atoms with Crippen LogP contribution in [0.1, 0.15) is 32.1 Å². The molecule has 120 valence electrons. The van der Waals surface area contributed by atoms with Gasteiger partial charge in [0.15, 0.2) is 0 Å². The van der Waals surface area contributed by atoms with Crippen molar-refractivity contribution in [1.29, 1.82) is 0 Å². The van der Waals surface area contributed by atoms with Crippen LogP contribution in [0.5, 0.6) is 0 Å². The summed E-state index contributed by atoms with van der Waals surface area (Å²) in [6.45, 7) is 0.112. The highest BCUT2D eigenvalue weighted by atomic mass is 35.5. The summed E-state index contributed by atoms with van der Waals surface area (Å²) in [7, 11) is -3.94. The van der Waals surface area contributed by atoms with Gasteiger partial charge in [0, 0.05) is 17.1 Å². The van der Waals surface area contributed by atoms with Crippen molar-refractivity contribution >= 4 is 34.0 Å². The molecule has 1 aliphatic carbocycles. The van der Waals surface area contributed by atoms with Crippen molar-refractivity contribution < 1.29 is 12.8 Å². The first-order chi connectivity index (χ1) is 9.32. The lowest BCUT2D eigenvalue weighted by Crippen LogP contribution is -2.51. The summed E-state index contributed by atoms with van der Waals surface area (Å²) in [5, 5.41) is 0.173. The highest BCUT2D eigenvalue weighted by molar-refractivity contribution is 7.89. The average molecular weight is 357 g/mol. The lowest BCUT2D eigenvalue weighted by Gasteiger charge is -2.33. The lowest BCUT2D eigenvalue weighted by atomic mass is 9.83. The third-order valence-electron chi connectivity index (χ3n) is 3.65. The van der Waals surface area contributed by atoms with E-state index < -0.39 is 26.3 Å². The number of halogens is 3. The van der Waals surface area contributed by atoms with E-state index in [2.05, 4.69) is 4.72 Å². The molecular formula is C13H19Cl2FN2O2S. The van der Waals surface area contributed by atoms with E-state index in [1.807, 2.05) is 0 Å². The first-order valence-electron chi connectivity index (χ1n) is 6.56. The predicted octanol–water partition coefficient (Wildman–Crippen LogP) is 2.84. The van der Waals surface area contributed by atoms with Crippen molar-refractivity contribution in [2.45, 2.75) is 42.5 Å². The van der Waals surface area contributed by atoms with Crippen molar-refractivity contribution in [2.75, 3.05) is 6.54 Å². The van der Waals surface area contributed by atoms with Crippen molar-refractivity contribution in [2.24, 2.45) is 5.73 Å². The fraction of sp³-hybridized carbons (Fsp3) is 0.538. The SMILES string of the molecule is Cl.NC1(CNS(=O)(=O)c2cc(Cl)ccc2F)CCCCC1. The maximum Gasteiger partial charge on any atom is 0.243 e. The van der Waals surface area contributed by atoms with Crippen LogP contribution in [-0.2, 0) is 10.0 Å². The average Bonchev–Trinajstić information content (AvgIpc) is 2.40. The molecule has 0 radical (unpaired) electrons. The van der Waals surface area contributed by atoms with Crippen molar-refractivity contribution in [3.8, 4) is 0 Å². The van der Waals surface area contributed by atoms with Crippen LogP contribution in [0.2, 0.25) is 5.02 Å². The van der Waals surface area contributed by atoms with E-state index >= 15 is 0 Å². The molecule has 1 aromatic carbocycles. The maximum atomic E-state index is 13.6. The third kappa shape index (κ3) is 4.79. The quantitative estimate of drug-likeness (QED) is 0.870. The maximum absolute atomic E-state index is 13.6. The van der Waals surface area contributed by atoms with Gasteiger partial charge in [-0.25, -0.2) is 17.5 Å². The molecule has 1 fully saturated rings. The molecule has 21 heavy (non-hydrogen) atoms. The Labute approximate surface area is 135 Å². The van der Waals surface area contributed by atoms with E-state index in [1.54, 1.807) is 0 Å². The Morgan fingerprint density at radius 2 is 1.90 bits per heavy atom. The van der Waals surface area contributed by atoms with E-state index in [9.17, 15) is 12.8 Å². The van der Waals surface area contributed by atoms with E-state index in [1.165, 1.54) is 6.07 Å². The van der Waals surface area contributed by atoms with Gasteiger partial charge in [0.2, 0.25) is 10.0 Å². The molecule has 1 aromatic rings.